The van der Waals surface area contributed by atoms with Gasteiger partial charge < -0.3 is 14.4 Å². The molecule has 4 heterocycles. The van der Waals surface area contributed by atoms with Crippen molar-refractivity contribution >= 4 is 11.6 Å². The van der Waals surface area contributed by atoms with E-state index in [1.165, 1.54) is 12.8 Å². The van der Waals surface area contributed by atoms with Gasteiger partial charge in [0.15, 0.2) is 5.69 Å². The van der Waals surface area contributed by atoms with Gasteiger partial charge in [0, 0.05) is 32.4 Å². The summed E-state index contributed by atoms with van der Waals surface area (Å²) in [6.07, 6.45) is 8.67. The van der Waals surface area contributed by atoms with E-state index >= 15 is 0 Å². The van der Waals surface area contributed by atoms with Crippen molar-refractivity contribution < 1.29 is 9.90 Å². The van der Waals surface area contributed by atoms with Crippen LogP contribution in [0.15, 0.2) is 18.3 Å². The van der Waals surface area contributed by atoms with E-state index in [0.717, 1.165) is 75.3 Å². The standard InChI is InChI=1S/C22H32N4O2/c1-17-6-13-26-19(15-24-11-7-18(16-27)8-12-24)21(23-20(26)14-17)22(28)25-9-4-2-3-5-10-25/h6,13-14,18,27H,2-5,7-12,15-16H2,1H3. The molecule has 6 heteroatoms. The van der Waals surface area contributed by atoms with E-state index in [1.807, 2.05) is 11.1 Å². The minimum absolute atomic E-state index is 0.0866. The zero-order valence-electron chi connectivity index (χ0n) is 16.9. The van der Waals surface area contributed by atoms with Gasteiger partial charge in [-0.3, -0.25) is 9.69 Å². The molecule has 6 nitrogen and oxygen atoms in total. The lowest BCUT2D eigenvalue weighted by Gasteiger charge is -2.31. The number of amides is 1. The van der Waals surface area contributed by atoms with Crippen molar-refractivity contribution in [2.45, 2.75) is 52.0 Å². The molecule has 1 amide bonds. The van der Waals surface area contributed by atoms with Gasteiger partial charge in [0.2, 0.25) is 0 Å². The Bertz CT molecular complexity index is 815. The van der Waals surface area contributed by atoms with Crippen molar-refractivity contribution in [3.05, 3.63) is 35.3 Å². The molecule has 0 aliphatic carbocycles. The molecule has 0 atom stereocenters. The van der Waals surface area contributed by atoms with E-state index in [0.29, 0.717) is 11.6 Å². The molecule has 2 aromatic rings. The van der Waals surface area contributed by atoms with Gasteiger partial charge in [-0.2, -0.15) is 0 Å². The summed E-state index contributed by atoms with van der Waals surface area (Å²) in [5.41, 5.74) is 3.64. The van der Waals surface area contributed by atoms with Gasteiger partial charge in [-0.15, -0.1) is 0 Å². The third-order valence-corrected chi connectivity index (χ3v) is 6.32. The Morgan fingerprint density at radius 2 is 1.86 bits per heavy atom. The van der Waals surface area contributed by atoms with Crippen molar-refractivity contribution in [2.75, 3.05) is 32.8 Å². The monoisotopic (exact) mass is 384 g/mol. The molecule has 0 saturated carbocycles. The number of aromatic nitrogens is 2. The Balaban J connectivity index is 1.63. The Morgan fingerprint density at radius 1 is 1.14 bits per heavy atom. The van der Waals surface area contributed by atoms with Crippen LogP contribution in [0.25, 0.3) is 5.65 Å². The number of aryl methyl sites for hydroxylation is 1. The molecule has 0 unspecified atom stereocenters. The van der Waals surface area contributed by atoms with Crippen molar-refractivity contribution in [1.29, 1.82) is 0 Å². The fourth-order valence-electron chi connectivity index (χ4n) is 4.48. The number of aliphatic hydroxyl groups is 1. The molecule has 0 radical (unpaired) electrons. The van der Waals surface area contributed by atoms with E-state index < -0.39 is 0 Å². The molecule has 28 heavy (non-hydrogen) atoms. The number of carbonyl (C=O) groups is 1. The highest BCUT2D eigenvalue weighted by Gasteiger charge is 2.27. The van der Waals surface area contributed by atoms with E-state index in [9.17, 15) is 9.90 Å². The number of piperidine rings is 1. The lowest BCUT2D eigenvalue weighted by Crippen LogP contribution is -2.36. The summed E-state index contributed by atoms with van der Waals surface area (Å²) in [5.74, 6) is 0.503. The molecular weight excluding hydrogens is 352 g/mol. The number of fused-ring (bicyclic) bond motifs is 1. The smallest absolute Gasteiger partial charge is 0.274 e. The molecule has 4 rings (SSSR count). The van der Waals surface area contributed by atoms with Gasteiger partial charge in [0.05, 0.1) is 5.69 Å². The molecule has 2 saturated heterocycles. The summed E-state index contributed by atoms with van der Waals surface area (Å²) in [7, 11) is 0. The van der Waals surface area contributed by atoms with E-state index in [4.69, 9.17) is 4.98 Å². The highest BCUT2D eigenvalue weighted by atomic mass is 16.3. The average molecular weight is 385 g/mol. The van der Waals surface area contributed by atoms with Crippen LogP contribution >= 0.6 is 0 Å². The zero-order chi connectivity index (χ0) is 19.5. The van der Waals surface area contributed by atoms with Crippen LogP contribution in [-0.4, -0.2) is 63.0 Å². The van der Waals surface area contributed by atoms with Gasteiger partial charge in [-0.1, -0.05) is 12.8 Å². The minimum Gasteiger partial charge on any atom is -0.396 e. The third-order valence-electron chi connectivity index (χ3n) is 6.32. The molecule has 2 aliphatic heterocycles. The Kier molecular flexibility index (Phi) is 5.97. The fraction of sp³-hybridized carbons (Fsp3) is 0.636. The Labute approximate surface area is 167 Å². The lowest BCUT2D eigenvalue weighted by molar-refractivity contribution is 0.0752. The van der Waals surface area contributed by atoms with Gasteiger partial charge in [-0.05, 0) is 69.3 Å². The topological polar surface area (TPSA) is 61.1 Å². The number of nitrogens with zero attached hydrogens (tertiary/aromatic N) is 4. The summed E-state index contributed by atoms with van der Waals surface area (Å²) < 4.78 is 2.09. The number of pyridine rings is 1. The second kappa shape index (κ2) is 8.62. The summed E-state index contributed by atoms with van der Waals surface area (Å²) in [6, 6.07) is 4.14. The number of carbonyl (C=O) groups excluding carboxylic acids is 1. The highest BCUT2D eigenvalue weighted by Crippen LogP contribution is 2.23. The highest BCUT2D eigenvalue weighted by molar-refractivity contribution is 5.94. The van der Waals surface area contributed by atoms with Gasteiger partial charge in [0.1, 0.15) is 5.65 Å². The molecule has 2 fully saturated rings. The predicted octanol–water partition coefficient (Wildman–Crippen LogP) is 2.86. The SMILES string of the molecule is Cc1ccn2c(CN3CCC(CO)CC3)c(C(=O)N3CCCCCC3)nc2c1. The van der Waals surface area contributed by atoms with Crippen molar-refractivity contribution in [3.8, 4) is 0 Å². The van der Waals surface area contributed by atoms with Crippen molar-refractivity contribution in [2.24, 2.45) is 5.92 Å². The van der Waals surface area contributed by atoms with E-state index in [1.54, 1.807) is 0 Å². The van der Waals surface area contributed by atoms with Crippen molar-refractivity contribution in [1.82, 2.24) is 19.2 Å². The average Bonchev–Trinajstić information content (AvgIpc) is 2.88. The second-order valence-electron chi connectivity index (χ2n) is 8.45. The van der Waals surface area contributed by atoms with Gasteiger partial charge in [0.25, 0.3) is 5.91 Å². The molecule has 2 aliphatic rings. The molecule has 0 bridgehead atoms. The first-order valence-electron chi connectivity index (χ1n) is 10.8. The zero-order valence-corrected chi connectivity index (χ0v) is 16.9. The summed E-state index contributed by atoms with van der Waals surface area (Å²) in [6.45, 7) is 6.67. The molecule has 0 aromatic carbocycles. The van der Waals surface area contributed by atoms with Crippen molar-refractivity contribution in [3.63, 3.8) is 0 Å². The van der Waals surface area contributed by atoms with Crippen LogP contribution < -0.4 is 0 Å². The summed E-state index contributed by atoms with van der Waals surface area (Å²) >= 11 is 0. The molecular formula is C22H32N4O2. The van der Waals surface area contributed by atoms with Crippen LogP contribution in [0.2, 0.25) is 0 Å². The Morgan fingerprint density at radius 3 is 2.54 bits per heavy atom. The maximum Gasteiger partial charge on any atom is 0.274 e. The largest absolute Gasteiger partial charge is 0.396 e. The molecule has 152 valence electrons. The number of aliphatic hydroxyl groups excluding tert-OH is 1. The second-order valence-corrected chi connectivity index (χ2v) is 8.45. The molecule has 2 aromatic heterocycles. The quantitative estimate of drug-likeness (QED) is 0.881. The van der Waals surface area contributed by atoms with E-state index in [2.05, 4.69) is 28.4 Å². The number of hydrogen-bond donors (Lipinski definition) is 1. The predicted molar refractivity (Wildman–Crippen MR) is 109 cm³/mol. The first kappa shape index (κ1) is 19.4. The molecule has 1 N–H and O–H groups in total. The number of hydrogen-bond acceptors (Lipinski definition) is 4. The first-order chi connectivity index (χ1) is 13.7. The number of likely N-dealkylation sites (tertiary alicyclic amines) is 2. The fourth-order valence-corrected chi connectivity index (χ4v) is 4.48. The maximum atomic E-state index is 13.4. The molecule has 0 spiro atoms. The van der Waals surface area contributed by atoms with Crippen LogP contribution in [0.3, 0.4) is 0 Å². The van der Waals surface area contributed by atoms with Crippen LogP contribution in [0.1, 0.15) is 60.3 Å². The first-order valence-corrected chi connectivity index (χ1v) is 10.8. The lowest BCUT2D eigenvalue weighted by atomic mass is 9.98. The van der Waals surface area contributed by atoms with Gasteiger partial charge in [-0.25, -0.2) is 4.98 Å². The maximum absolute atomic E-state index is 13.4. The van der Waals surface area contributed by atoms with Crippen LogP contribution in [0, 0.1) is 12.8 Å². The van der Waals surface area contributed by atoms with Crippen LogP contribution in [-0.2, 0) is 6.54 Å². The summed E-state index contributed by atoms with van der Waals surface area (Å²) in [4.78, 5) is 22.5. The minimum atomic E-state index is 0.0866. The third kappa shape index (κ3) is 4.08. The van der Waals surface area contributed by atoms with Gasteiger partial charge >= 0.3 is 0 Å². The number of rotatable bonds is 4. The Hall–Kier alpha value is -1.92. The normalized spacial score (nSPS) is 19.9. The van der Waals surface area contributed by atoms with Crippen LogP contribution in [0.5, 0.6) is 0 Å². The number of imidazole rings is 1. The summed E-state index contributed by atoms with van der Waals surface area (Å²) in [5, 5.41) is 9.40. The van der Waals surface area contributed by atoms with Crippen LogP contribution in [0.4, 0.5) is 0 Å². The van der Waals surface area contributed by atoms with E-state index in [-0.39, 0.29) is 12.5 Å².